The van der Waals surface area contributed by atoms with Gasteiger partial charge in [0.25, 0.3) is 0 Å². The summed E-state index contributed by atoms with van der Waals surface area (Å²) in [5, 5.41) is 12.4. The van der Waals surface area contributed by atoms with Gasteiger partial charge in [0.1, 0.15) is 0 Å². The number of hydrogen-bond acceptors (Lipinski definition) is 4. The number of carbonyl (C=O) groups excluding carboxylic acids is 1. The molecule has 2 N–H and O–H groups in total. The van der Waals surface area contributed by atoms with Gasteiger partial charge in [0.05, 0.1) is 19.3 Å². The molecule has 0 saturated carbocycles. The molecule has 16 heavy (non-hydrogen) atoms. The molecule has 1 rings (SSSR count). The Morgan fingerprint density at radius 3 is 2.62 bits per heavy atom. The second kappa shape index (κ2) is 6.83. The SMILES string of the molecule is CC(O)C(C)NCCC(=O)N1CCOCC1. The summed E-state index contributed by atoms with van der Waals surface area (Å²) in [5.74, 6) is 0.161. The average molecular weight is 230 g/mol. The molecule has 1 amide bonds. The van der Waals surface area contributed by atoms with Gasteiger partial charge in [-0.1, -0.05) is 0 Å². The Bertz CT molecular complexity index is 215. The van der Waals surface area contributed by atoms with Gasteiger partial charge in [-0.25, -0.2) is 0 Å². The molecule has 1 fully saturated rings. The van der Waals surface area contributed by atoms with E-state index in [1.807, 2.05) is 11.8 Å². The van der Waals surface area contributed by atoms with E-state index in [2.05, 4.69) is 5.32 Å². The van der Waals surface area contributed by atoms with Crippen LogP contribution in [0.2, 0.25) is 0 Å². The zero-order chi connectivity index (χ0) is 12.0. The molecule has 0 aromatic rings. The van der Waals surface area contributed by atoms with Crippen LogP contribution < -0.4 is 5.32 Å². The third-order valence-corrected chi connectivity index (χ3v) is 2.89. The molecular weight excluding hydrogens is 208 g/mol. The minimum absolute atomic E-state index is 0.0255. The Morgan fingerprint density at radius 2 is 2.06 bits per heavy atom. The van der Waals surface area contributed by atoms with Crippen molar-refractivity contribution < 1.29 is 14.6 Å². The maximum Gasteiger partial charge on any atom is 0.224 e. The molecule has 94 valence electrons. The third-order valence-electron chi connectivity index (χ3n) is 2.89. The number of nitrogens with zero attached hydrogens (tertiary/aromatic N) is 1. The number of rotatable bonds is 5. The zero-order valence-electron chi connectivity index (χ0n) is 10.1. The van der Waals surface area contributed by atoms with Gasteiger partial charge in [-0.15, -0.1) is 0 Å². The van der Waals surface area contributed by atoms with Crippen molar-refractivity contribution in [3.8, 4) is 0 Å². The van der Waals surface area contributed by atoms with Crippen molar-refractivity contribution >= 4 is 5.91 Å². The van der Waals surface area contributed by atoms with Crippen LogP contribution in [0, 0.1) is 0 Å². The van der Waals surface area contributed by atoms with Gasteiger partial charge in [0.15, 0.2) is 0 Å². The van der Waals surface area contributed by atoms with Crippen molar-refractivity contribution in [3.05, 3.63) is 0 Å². The highest BCUT2D eigenvalue weighted by atomic mass is 16.5. The monoisotopic (exact) mass is 230 g/mol. The van der Waals surface area contributed by atoms with Crippen LogP contribution in [0.1, 0.15) is 20.3 Å². The molecule has 0 aliphatic carbocycles. The fourth-order valence-electron chi connectivity index (χ4n) is 1.55. The molecule has 1 aliphatic heterocycles. The first-order valence-electron chi connectivity index (χ1n) is 5.88. The van der Waals surface area contributed by atoms with Crippen molar-refractivity contribution in [3.63, 3.8) is 0 Å². The lowest BCUT2D eigenvalue weighted by Gasteiger charge is -2.27. The number of carbonyl (C=O) groups is 1. The van der Waals surface area contributed by atoms with E-state index in [9.17, 15) is 9.90 Å². The molecule has 0 bridgehead atoms. The normalized spacial score (nSPS) is 20.6. The van der Waals surface area contributed by atoms with E-state index in [1.165, 1.54) is 0 Å². The van der Waals surface area contributed by atoms with Gasteiger partial charge in [0, 0.05) is 32.1 Å². The maximum absolute atomic E-state index is 11.7. The molecule has 1 heterocycles. The van der Waals surface area contributed by atoms with Crippen LogP contribution in [0.25, 0.3) is 0 Å². The maximum atomic E-state index is 11.7. The molecule has 1 aliphatic rings. The van der Waals surface area contributed by atoms with Crippen LogP contribution in [-0.4, -0.2) is 60.9 Å². The summed E-state index contributed by atoms with van der Waals surface area (Å²) in [4.78, 5) is 13.5. The number of hydrogen-bond donors (Lipinski definition) is 2. The molecule has 0 aromatic carbocycles. The van der Waals surface area contributed by atoms with Crippen LogP contribution in [0.5, 0.6) is 0 Å². The van der Waals surface area contributed by atoms with E-state index in [-0.39, 0.29) is 11.9 Å². The summed E-state index contributed by atoms with van der Waals surface area (Å²) >= 11 is 0. The quantitative estimate of drug-likeness (QED) is 0.674. The van der Waals surface area contributed by atoms with E-state index in [1.54, 1.807) is 6.92 Å². The number of amides is 1. The Kier molecular flexibility index (Phi) is 5.73. The van der Waals surface area contributed by atoms with Gasteiger partial charge in [-0.05, 0) is 13.8 Å². The molecule has 0 radical (unpaired) electrons. The van der Waals surface area contributed by atoms with E-state index < -0.39 is 6.10 Å². The number of morpholine rings is 1. The van der Waals surface area contributed by atoms with Crippen LogP contribution >= 0.6 is 0 Å². The highest BCUT2D eigenvalue weighted by Gasteiger charge is 2.16. The van der Waals surface area contributed by atoms with Gasteiger partial charge in [-0.3, -0.25) is 4.79 Å². The summed E-state index contributed by atoms with van der Waals surface area (Å²) in [6.07, 6.45) is 0.0929. The molecular formula is C11H22N2O3. The van der Waals surface area contributed by atoms with Gasteiger partial charge < -0.3 is 20.1 Å². The smallest absolute Gasteiger partial charge is 0.224 e. The minimum Gasteiger partial charge on any atom is -0.392 e. The molecule has 0 spiro atoms. The number of aliphatic hydroxyl groups excluding tert-OH is 1. The summed E-state index contributed by atoms with van der Waals surface area (Å²) in [6, 6.07) is 0.0255. The van der Waals surface area contributed by atoms with Crippen molar-refractivity contribution in [2.45, 2.75) is 32.4 Å². The molecule has 0 aromatic heterocycles. The highest BCUT2D eigenvalue weighted by Crippen LogP contribution is 2.00. The fourth-order valence-corrected chi connectivity index (χ4v) is 1.55. The lowest BCUT2D eigenvalue weighted by molar-refractivity contribution is -0.135. The second-order valence-corrected chi connectivity index (χ2v) is 4.23. The third kappa shape index (κ3) is 4.47. The van der Waals surface area contributed by atoms with Gasteiger partial charge in [0.2, 0.25) is 5.91 Å². The van der Waals surface area contributed by atoms with Crippen molar-refractivity contribution in [2.75, 3.05) is 32.8 Å². The van der Waals surface area contributed by atoms with Crippen molar-refractivity contribution in [1.29, 1.82) is 0 Å². The minimum atomic E-state index is -0.390. The summed E-state index contributed by atoms with van der Waals surface area (Å²) in [6.45, 7) is 6.94. The standard InChI is InChI=1S/C11H22N2O3/c1-9(10(2)14)12-4-3-11(15)13-5-7-16-8-6-13/h9-10,12,14H,3-8H2,1-2H3. The van der Waals surface area contributed by atoms with Gasteiger partial charge in [-0.2, -0.15) is 0 Å². The fraction of sp³-hybridized carbons (Fsp3) is 0.909. The number of ether oxygens (including phenoxy) is 1. The second-order valence-electron chi connectivity index (χ2n) is 4.23. The summed E-state index contributed by atoms with van der Waals surface area (Å²) < 4.78 is 5.18. The number of nitrogens with one attached hydrogen (secondary N) is 1. The van der Waals surface area contributed by atoms with E-state index in [0.29, 0.717) is 39.3 Å². The van der Waals surface area contributed by atoms with E-state index in [0.717, 1.165) is 0 Å². The van der Waals surface area contributed by atoms with E-state index >= 15 is 0 Å². The predicted molar refractivity (Wildman–Crippen MR) is 61.2 cm³/mol. The Labute approximate surface area is 96.8 Å². The van der Waals surface area contributed by atoms with E-state index in [4.69, 9.17) is 4.74 Å². The lowest BCUT2D eigenvalue weighted by atomic mass is 10.2. The molecule has 2 unspecified atom stereocenters. The average Bonchev–Trinajstić information content (AvgIpc) is 2.29. The Morgan fingerprint density at radius 1 is 1.44 bits per heavy atom. The largest absolute Gasteiger partial charge is 0.392 e. The molecule has 1 saturated heterocycles. The van der Waals surface area contributed by atoms with Crippen LogP contribution in [0.4, 0.5) is 0 Å². The summed E-state index contributed by atoms with van der Waals surface area (Å²) in [7, 11) is 0. The zero-order valence-corrected chi connectivity index (χ0v) is 10.1. The van der Waals surface area contributed by atoms with Crippen molar-refractivity contribution in [2.24, 2.45) is 0 Å². The lowest BCUT2D eigenvalue weighted by Crippen LogP contribution is -2.43. The van der Waals surface area contributed by atoms with Crippen LogP contribution in [0.3, 0.4) is 0 Å². The molecule has 2 atom stereocenters. The highest BCUT2D eigenvalue weighted by molar-refractivity contribution is 5.76. The topological polar surface area (TPSA) is 61.8 Å². The Balaban J connectivity index is 2.14. The van der Waals surface area contributed by atoms with Gasteiger partial charge >= 0.3 is 0 Å². The number of aliphatic hydroxyl groups is 1. The van der Waals surface area contributed by atoms with Crippen molar-refractivity contribution in [1.82, 2.24) is 10.2 Å². The first-order chi connectivity index (χ1) is 7.61. The van der Waals surface area contributed by atoms with Crippen LogP contribution in [-0.2, 0) is 9.53 Å². The first kappa shape index (κ1) is 13.4. The van der Waals surface area contributed by atoms with Crippen LogP contribution in [0.15, 0.2) is 0 Å². The summed E-state index contributed by atoms with van der Waals surface area (Å²) in [5.41, 5.74) is 0. The Hall–Kier alpha value is -0.650. The molecule has 5 heteroatoms. The predicted octanol–water partition coefficient (Wildman–Crippen LogP) is -0.406. The molecule has 5 nitrogen and oxygen atoms in total. The first-order valence-corrected chi connectivity index (χ1v) is 5.88.